The number of hydrogen-bond acceptors (Lipinski definition) is 6. The van der Waals surface area contributed by atoms with Crippen molar-refractivity contribution in [2.75, 3.05) is 26.4 Å². The summed E-state index contributed by atoms with van der Waals surface area (Å²) in [5, 5.41) is 18.2. The van der Waals surface area contributed by atoms with Gasteiger partial charge in [-0.15, -0.1) is 0 Å². The molecule has 7 heteroatoms. The van der Waals surface area contributed by atoms with Crippen LogP contribution in [0.2, 0.25) is 0 Å². The first-order valence-corrected chi connectivity index (χ1v) is 14.6. The normalized spacial score (nSPS) is 12.6. The number of carboxylic acids is 1. The van der Waals surface area contributed by atoms with Crippen LogP contribution in [0.5, 0.6) is 17.2 Å². The average molecular weight is 541 g/mol. The Bertz CT molecular complexity index is 1060. The minimum Gasteiger partial charge on any atom is -0.493 e. The molecule has 0 aliphatic carbocycles. The van der Waals surface area contributed by atoms with Gasteiger partial charge in [-0.25, -0.2) is 0 Å². The highest BCUT2D eigenvalue weighted by molar-refractivity contribution is 6.00. The lowest BCUT2D eigenvalue weighted by Gasteiger charge is -2.22. The van der Waals surface area contributed by atoms with Gasteiger partial charge in [0.1, 0.15) is 17.2 Å². The standard InChI is InChI=1S/C32H44O7/c1-2-11-27-30(17-15-26-28(34)19-23-39-32(26)27)38-21-8-4-3-6-12-24-13-10-14-29(25(24)16-18-31(35)36)37-22-9-5-7-20-33/h10,13-15,17,33H,2-9,11-12,16,18-23H2,1H3,(H,35,36). The minimum atomic E-state index is -0.808. The zero-order valence-electron chi connectivity index (χ0n) is 23.3. The maximum Gasteiger partial charge on any atom is 0.303 e. The number of hydrogen-bond donors (Lipinski definition) is 2. The highest BCUT2D eigenvalue weighted by Gasteiger charge is 2.23. The first-order chi connectivity index (χ1) is 19.0. The lowest BCUT2D eigenvalue weighted by Crippen LogP contribution is -2.17. The average Bonchev–Trinajstić information content (AvgIpc) is 2.93. The van der Waals surface area contributed by atoms with Gasteiger partial charge in [0.2, 0.25) is 0 Å². The third-order valence-corrected chi connectivity index (χ3v) is 7.07. The van der Waals surface area contributed by atoms with Crippen LogP contribution in [0, 0.1) is 0 Å². The van der Waals surface area contributed by atoms with Crippen molar-refractivity contribution >= 4 is 11.8 Å². The van der Waals surface area contributed by atoms with Gasteiger partial charge in [-0.3, -0.25) is 9.59 Å². The van der Waals surface area contributed by atoms with Crippen molar-refractivity contribution < 1.29 is 34.0 Å². The molecule has 39 heavy (non-hydrogen) atoms. The molecule has 7 nitrogen and oxygen atoms in total. The summed E-state index contributed by atoms with van der Waals surface area (Å²) in [5.74, 6) is 1.64. The van der Waals surface area contributed by atoms with Crippen LogP contribution in [0.3, 0.4) is 0 Å². The van der Waals surface area contributed by atoms with Gasteiger partial charge in [-0.1, -0.05) is 38.3 Å². The molecular weight excluding hydrogens is 496 g/mol. The lowest BCUT2D eigenvalue weighted by molar-refractivity contribution is -0.136. The molecule has 0 spiro atoms. The minimum absolute atomic E-state index is 0.0805. The molecule has 214 valence electrons. The van der Waals surface area contributed by atoms with Crippen LogP contribution in [0.4, 0.5) is 0 Å². The summed E-state index contributed by atoms with van der Waals surface area (Å²) >= 11 is 0. The molecule has 2 aromatic rings. The number of aliphatic hydroxyl groups is 1. The third-order valence-electron chi connectivity index (χ3n) is 7.07. The molecule has 0 aromatic heterocycles. The fraction of sp³-hybridized carbons (Fsp3) is 0.562. The van der Waals surface area contributed by atoms with E-state index in [2.05, 4.69) is 13.0 Å². The zero-order chi connectivity index (χ0) is 27.9. The number of fused-ring (bicyclic) bond motifs is 1. The number of ketones is 1. The Morgan fingerprint density at radius 2 is 1.59 bits per heavy atom. The van der Waals surface area contributed by atoms with E-state index in [4.69, 9.17) is 19.3 Å². The van der Waals surface area contributed by atoms with E-state index >= 15 is 0 Å². The van der Waals surface area contributed by atoms with E-state index in [0.717, 1.165) is 92.4 Å². The molecule has 0 saturated heterocycles. The first kappa shape index (κ1) is 30.5. The van der Waals surface area contributed by atoms with Crippen molar-refractivity contribution in [3.05, 3.63) is 52.6 Å². The maximum atomic E-state index is 12.2. The van der Waals surface area contributed by atoms with Crippen LogP contribution in [-0.4, -0.2) is 48.4 Å². The van der Waals surface area contributed by atoms with Crippen molar-refractivity contribution in [3.63, 3.8) is 0 Å². The highest BCUT2D eigenvalue weighted by Crippen LogP contribution is 2.36. The molecule has 1 heterocycles. The number of carboxylic acid groups (broad SMARTS) is 1. The fourth-order valence-corrected chi connectivity index (χ4v) is 5.02. The van der Waals surface area contributed by atoms with Gasteiger partial charge in [0.05, 0.1) is 25.4 Å². The SMILES string of the molecule is CCCc1c(OCCCCCCc2cccc(OCCCCCO)c2CCC(=O)O)ccc2c1OCCC2=O. The first-order valence-electron chi connectivity index (χ1n) is 14.6. The Labute approximate surface area is 232 Å². The molecule has 3 rings (SSSR count). The Morgan fingerprint density at radius 1 is 0.872 bits per heavy atom. The van der Waals surface area contributed by atoms with E-state index in [9.17, 15) is 14.7 Å². The van der Waals surface area contributed by atoms with E-state index in [1.165, 1.54) is 0 Å². The molecule has 0 radical (unpaired) electrons. The monoisotopic (exact) mass is 540 g/mol. The van der Waals surface area contributed by atoms with E-state index in [1.54, 1.807) is 0 Å². The van der Waals surface area contributed by atoms with Gasteiger partial charge < -0.3 is 24.4 Å². The van der Waals surface area contributed by atoms with E-state index in [0.29, 0.717) is 44.0 Å². The quantitative estimate of drug-likeness (QED) is 0.200. The molecule has 0 fully saturated rings. The fourth-order valence-electron chi connectivity index (χ4n) is 5.02. The molecule has 2 N–H and O–H groups in total. The van der Waals surface area contributed by atoms with E-state index in [-0.39, 0.29) is 18.8 Å². The van der Waals surface area contributed by atoms with Gasteiger partial charge in [0.25, 0.3) is 0 Å². The summed E-state index contributed by atoms with van der Waals surface area (Å²) in [4.78, 5) is 23.5. The van der Waals surface area contributed by atoms with E-state index < -0.39 is 5.97 Å². The molecule has 1 aliphatic heterocycles. The molecule has 0 unspecified atom stereocenters. The summed E-state index contributed by atoms with van der Waals surface area (Å²) in [5.41, 5.74) is 3.85. The number of benzene rings is 2. The number of ether oxygens (including phenoxy) is 3. The summed E-state index contributed by atoms with van der Waals surface area (Å²) in [6.07, 6.45) is 10.2. The second-order valence-electron chi connectivity index (χ2n) is 10.1. The second-order valence-corrected chi connectivity index (χ2v) is 10.1. The number of carbonyl (C=O) groups is 2. The van der Waals surface area contributed by atoms with Crippen molar-refractivity contribution in [2.45, 2.75) is 90.4 Å². The van der Waals surface area contributed by atoms with Crippen LogP contribution >= 0.6 is 0 Å². The highest BCUT2D eigenvalue weighted by atomic mass is 16.5. The van der Waals surface area contributed by atoms with Crippen LogP contribution in [0.25, 0.3) is 0 Å². The number of aliphatic hydroxyl groups excluding tert-OH is 1. The number of aryl methyl sites for hydroxylation is 1. The van der Waals surface area contributed by atoms with Crippen LogP contribution < -0.4 is 14.2 Å². The summed E-state index contributed by atoms with van der Waals surface area (Å²) in [6.45, 7) is 3.92. The molecule has 0 atom stereocenters. The van der Waals surface area contributed by atoms with Gasteiger partial charge in [-0.2, -0.15) is 0 Å². The number of aliphatic carboxylic acids is 1. The molecule has 0 amide bonds. The van der Waals surface area contributed by atoms with Crippen molar-refractivity contribution in [1.29, 1.82) is 0 Å². The molecule has 0 saturated carbocycles. The largest absolute Gasteiger partial charge is 0.493 e. The second kappa shape index (κ2) is 16.8. The zero-order valence-corrected chi connectivity index (χ0v) is 23.3. The van der Waals surface area contributed by atoms with Gasteiger partial charge in [0.15, 0.2) is 5.78 Å². The predicted octanol–water partition coefficient (Wildman–Crippen LogP) is 6.34. The van der Waals surface area contributed by atoms with Gasteiger partial charge >= 0.3 is 5.97 Å². The Hall–Kier alpha value is -3.06. The number of carbonyl (C=O) groups excluding carboxylic acids is 1. The number of unbranched alkanes of at least 4 members (excludes halogenated alkanes) is 5. The topological polar surface area (TPSA) is 102 Å². The predicted molar refractivity (Wildman–Crippen MR) is 151 cm³/mol. The molecular formula is C32H44O7. The van der Waals surface area contributed by atoms with Crippen LogP contribution in [-0.2, 0) is 24.1 Å². The Balaban J connectivity index is 1.47. The maximum absolute atomic E-state index is 12.2. The van der Waals surface area contributed by atoms with Crippen LogP contribution in [0.1, 0.15) is 98.2 Å². The summed E-state index contributed by atoms with van der Waals surface area (Å²) in [6, 6.07) is 9.74. The summed E-state index contributed by atoms with van der Waals surface area (Å²) < 4.78 is 18.0. The molecule has 0 bridgehead atoms. The smallest absolute Gasteiger partial charge is 0.303 e. The van der Waals surface area contributed by atoms with Crippen molar-refractivity contribution in [3.8, 4) is 17.2 Å². The molecule has 1 aliphatic rings. The Morgan fingerprint density at radius 3 is 2.31 bits per heavy atom. The molecule has 2 aromatic carbocycles. The Kier molecular flexibility index (Phi) is 13.1. The van der Waals surface area contributed by atoms with Crippen molar-refractivity contribution in [1.82, 2.24) is 0 Å². The van der Waals surface area contributed by atoms with Crippen molar-refractivity contribution in [2.24, 2.45) is 0 Å². The van der Waals surface area contributed by atoms with E-state index in [1.807, 2.05) is 24.3 Å². The third kappa shape index (κ3) is 9.57. The number of Topliss-reactive ketones (excluding diaryl/α,β-unsaturated/α-hetero) is 1. The van der Waals surface area contributed by atoms with Crippen LogP contribution in [0.15, 0.2) is 30.3 Å². The van der Waals surface area contributed by atoms with Gasteiger partial charge in [0, 0.05) is 25.0 Å². The summed E-state index contributed by atoms with van der Waals surface area (Å²) in [7, 11) is 0. The number of rotatable bonds is 19. The van der Waals surface area contributed by atoms with Gasteiger partial charge in [-0.05, 0) is 80.7 Å². The lowest BCUT2D eigenvalue weighted by atomic mass is 9.96.